The highest BCUT2D eigenvalue weighted by atomic mass is 32.2. The molecule has 0 saturated carbocycles. The Balaban J connectivity index is 2.45. The lowest BCUT2D eigenvalue weighted by Crippen LogP contribution is -2.30. The van der Waals surface area contributed by atoms with Gasteiger partial charge in [0, 0.05) is 25.2 Å². The smallest absolute Gasteiger partial charge is 0.258 e. The third-order valence-electron chi connectivity index (χ3n) is 3.87. The van der Waals surface area contributed by atoms with Gasteiger partial charge in [-0.15, -0.1) is 0 Å². The lowest BCUT2D eigenvalue weighted by molar-refractivity contribution is -0.385. The van der Waals surface area contributed by atoms with E-state index in [0.717, 1.165) is 11.6 Å². The van der Waals surface area contributed by atoms with E-state index in [9.17, 15) is 18.5 Å². The summed E-state index contributed by atoms with van der Waals surface area (Å²) in [5.41, 5.74) is 1.08. The molecule has 0 unspecified atom stereocenters. The maximum atomic E-state index is 12.8. The summed E-state index contributed by atoms with van der Waals surface area (Å²) in [5, 5.41) is 10.9. The summed E-state index contributed by atoms with van der Waals surface area (Å²) in [4.78, 5) is 10.3. The number of nitro groups is 1. The summed E-state index contributed by atoms with van der Waals surface area (Å²) in [7, 11) is -2.37. The summed E-state index contributed by atoms with van der Waals surface area (Å²) in [6, 6.07) is 12.7. The van der Waals surface area contributed by atoms with Crippen LogP contribution in [-0.2, 0) is 10.0 Å². The van der Waals surface area contributed by atoms with Crippen molar-refractivity contribution in [3.05, 3.63) is 69.8 Å². The van der Waals surface area contributed by atoms with Crippen molar-refractivity contribution in [2.45, 2.75) is 24.8 Å². The van der Waals surface area contributed by atoms with Gasteiger partial charge in [-0.3, -0.25) is 10.1 Å². The summed E-state index contributed by atoms with van der Waals surface area (Å²) < 4.78 is 26.9. The molecular weight excluding hydrogens is 316 g/mol. The highest BCUT2D eigenvalue weighted by Crippen LogP contribution is 2.29. The molecule has 0 N–H and O–H groups in total. The van der Waals surface area contributed by atoms with E-state index in [2.05, 4.69) is 0 Å². The molecule has 0 aromatic heterocycles. The van der Waals surface area contributed by atoms with Crippen molar-refractivity contribution in [2.75, 3.05) is 7.05 Å². The van der Waals surface area contributed by atoms with Crippen LogP contribution < -0.4 is 0 Å². The molecule has 2 aromatic carbocycles. The van der Waals surface area contributed by atoms with E-state index in [1.165, 1.54) is 23.5 Å². The average molecular weight is 334 g/mol. The summed E-state index contributed by atoms with van der Waals surface area (Å²) in [6.45, 7) is 3.40. The molecule has 0 aliphatic carbocycles. The zero-order valence-corrected chi connectivity index (χ0v) is 13.9. The van der Waals surface area contributed by atoms with Gasteiger partial charge in [0.1, 0.15) is 0 Å². The minimum Gasteiger partial charge on any atom is -0.258 e. The van der Waals surface area contributed by atoms with E-state index in [-0.39, 0.29) is 16.6 Å². The first kappa shape index (κ1) is 17.1. The Bertz CT molecular complexity index is 819. The molecule has 0 radical (unpaired) electrons. The number of rotatable bonds is 5. The number of non-ortho nitro benzene ring substituents is 1. The fourth-order valence-corrected chi connectivity index (χ4v) is 3.88. The van der Waals surface area contributed by atoms with Gasteiger partial charge in [0.2, 0.25) is 10.0 Å². The molecule has 0 spiro atoms. The Kier molecular flexibility index (Phi) is 4.82. The van der Waals surface area contributed by atoms with Crippen LogP contribution in [0.15, 0.2) is 53.4 Å². The van der Waals surface area contributed by atoms with Gasteiger partial charge in [-0.05, 0) is 25.0 Å². The van der Waals surface area contributed by atoms with Crippen molar-refractivity contribution in [3.8, 4) is 0 Å². The molecule has 0 heterocycles. The Hall–Kier alpha value is -2.25. The van der Waals surface area contributed by atoms with E-state index in [1.807, 2.05) is 30.3 Å². The van der Waals surface area contributed by atoms with E-state index in [1.54, 1.807) is 13.8 Å². The lowest BCUT2D eigenvalue weighted by Gasteiger charge is -2.25. The molecule has 0 amide bonds. The van der Waals surface area contributed by atoms with Gasteiger partial charge in [-0.1, -0.05) is 36.4 Å². The number of hydrogen-bond donors (Lipinski definition) is 0. The normalized spacial score (nSPS) is 13.0. The average Bonchev–Trinajstić information content (AvgIpc) is 2.54. The van der Waals surface area contributed by atoms with Crippen molar-refractivity contribution in [2.24, 2.45) is 0 Å². The van der Waals surface area contributed by atoms with E-state index >= 15 is 0 Å². The standard InChI is InChI=1S/C16H18N2O4S/c1-12-9-10-15(18(19)20)11-16(12)23(21,22)17(3)13(2)14-7-5-4-6-8-14/h4-11,13H,1-3H3/t13-/m0/s1. The summed E-state index contributed by atoms with van der Waals surface area (Å²) in [6.07, 6.45) is 0. The zero-order chi connectivity index (χ0) is 17.2. The van der Waals surface area contributed by atoms with Crippen LogP contribution in [0.25, 0.3) is 0 Å². The second-order valence-corrected chi connectivity index (χ2v) is 7.28. The zero-order valence-electron chi connectivity index (χ0n) is 13.1. The second-order valence-electron chi connectivity index (χ2n) is 5.31. The Labute approximate surface area is 135 Å². The van der Waals surface area contributed by atoms with Crippen LogP contribution in [0.5, 0.6) is 0 Å². The molecule has 23 heavy (non-hydrogen) atoms. The third kappa shape index (κ3) is 3.40. The lowest BCUT2D eigenvalue weighted by atomic mass is 10.1. The molecule has 0 aliphatic rings. The predicted molar refractivity (Wildman–Crippen MR) is 87.6 cm³/mol. The molecule has 0 fully saturated rings. The maximum absolute atomic E-state index is 12.8. The highest BCUT2D eigenvalue weighted by Gasteiger charge is 2.29. The van der Waals surface area contributed by atoms with Crippen molar-refractivity contribution >= 4 is 15.7 Å². The molecular formula is C16H18N2O4S. The summed E-state index contributed by atoms with van der Waals surface area (Å²) >= 11 is 0. The van der Waals surface area contributed by atoms with Crippen LogP contribution in [0.4, 0.5) is 5.69 Å². The number of hydrogen-bond acceptors (Lipinski definition) is 4. The Morgan fingerprint density at radius 1 is 1.13 bits per heavy atom. The minimum atomic E-state index is -3.84. The van der Waals surface area contributed by atoms with E-state index < -0.39 is 14.9 Å². The topological polar surface area (TPSA) is 80.5 Å². The van der Waals surface area contributed by atoms with Gasteiger partial charge in [0.25, 0.3) is 5.69 Å². The van der Waals surface area contributed by atoms with Crippen LogP contribution >= 0.6 is 0 Å². The second kappa shape index (κ2) is 6.47. The van der Waals surface area contributed by atoms with E-state index in [0.29, 0.717) is 5.56 Å². The van der Waals surface area contributed by atoms with Crippen LogP contribution in [0.1, 0.15) is 24.1 Å². The largest absolute Gasteiger partial charge is 0.270 e. The number of sulfonamides is 1. The highest BCUT2D eigenvalue weighted by molar-refractivity contribution is 7.89. The molecule has 6 nitrogen and oxygen atoms in total. The molecule has 2 rings (SSSR count). The van der Waals surface area contributed by atoms with Gasteiger partial charge in [-0.2, -0.15) is 4.31 Å². The maximum Gasteiger partial charge on any atom is 0.270 e. The Morgan fingerprint density at radius 3 is 2.30 bits per heavy atom. The monoisotopic (exact) mass is 334 g/mol. The molecule has 0 saturated heterocycles. The SMILES string of the molecule is Cc1ccc([N+](=O)[O-])cc1S(=O)(=O)N(C)[C@@H](C)c1ccccc1. The number of nitrogens with zero attached hydrogens (tertiary/aromatic N) is 2. The van der Waals surface area contributed by atoms with Crippen molar-refractivity contribution in [3.63, 3.8) is 0 Å². The third-order valence-corrected chi connectivity index (χ3v) is 5.94. The molecule has 0 aliphatic heterocycles. The van der Waals surface area contributed by atoms with Gasteiger partial charge in [-0.25, -0.2) is 8.42 Å². The molecule has 122 valence electrons. The molecule has 0 bridgehead atoms. The summed E-state index contributed by atoms with van der Waals surface area (Å²) in [5.74, 6) is 0. The van der Waals surface area contributed by atoms with E-state index in [4.69, 9.17) is 0 Å². The van der Waals surface area contributed by atoms with Gasteiger partial charge < -0.3 is 0 Å². The van der Waals surface area contributed by atoms with Crippen LogP contribution in [0.3, 0.4) is 0 Å². The van der Waals surface area contributed by atoms with Crippen molar-refractivity contribution in [1.82, 2.24) is 4.31 Å². The van der Waals surface area contributed by atoms with Gasteiger partial charge >= 0.3 is 0 Å². The first-order valence-electron chi connectivity index (χ1n) is 7.03. The first-order chi connectivity index (χ1) is 10.7. The van der Waals surface area contributed by atoms with Crippen molar-refractivity contribution in [1.29, 1.82) is 0 Å². The first-order valence-corrected chi connectivity index (χ1v) is 8.47. The fourth-order valence-electron chi connectivity index (χ4n) is 2.29. The number of benzene rings is 2. The number of nitro benzene ring substituents is 1. The fraction of sp³-hybridized carbons (Fsp3) is 0.250. The number of aryl methyl sites for hydroxylation is 1. The van der Waals surface area contributed by atoms with Crippen LogP contribution in [-0.4, -0.2) is 24.7 Å². The molecule has 2 aromatic rings. The van der Waals surface area contributed by atoms with Crippen LogP contribution in [0, 0.1) is 17.0 Å². The Morgan fingerprint density at radius 2 is 1.74 bits per heavy atom. The van der Waals surface area contributed by atoms with Crippen LogP contribution in [0.2, 0.25) is 0 Å². The quantitative estimate of drug-likeness (QED) is 0.621. The minimum absolute atomic E-state index is 0.0445. The predicted octanol–water partition coefficient (Wildman–Crippen LogP) is 3.28. The molecule has 7 heteroatoms. The molecule has 1 atom stereocenters. The van der Waals surface area contributed by atoms with Gasteiger partial charge in [0.15, 0.2) is 0 Å². The van der Waals surface area contributed by atoms with Gasteiger partial charge in [0.05, 0.1) is 9.82 Å². The van der Waals surface area contributed by atoms with Crippen molar-refractivity contribution < 1.29 is 13.3 Å².